The van der Waals surface area contributed by atoms with E-state index in [1.807, 2.05) is 13.0 Å². The SMILES string of the molecule is CCCn1c(=O)c2ccc(N)nc2n(C2=C(OC)C=CC(OC)C2)c1=O. The highest BCUT2D eigenvalue weighted by Gasteiger charge is 2.24. The number of rotatable bonds is 5. The van der Waals surface area contributed by atoms with Gasteiger partial charge in [0.05, 0.1) is 24.3 Å². The molecule has 0 radical (unpaired) electrons. The molecule has 1 atom stereocenters. The fraction of sp³-hybridized carbons (Fsp3) is 0.389. The number of ether oxygens (including phenoxy) is 2. The number of nitrogens with zero attached hydrogens (tertiary/aromatic N) is 3. The average molecular weight is 358 g/mol. The van der Waals surface area contributed by atoms with Crippen molar-refractivity contribution < 1.29 is 9.47 Å². The number of pyridine rings is 1. The number of allylic oxidation sites excluding steroid dienone is 1. The summed E-state index contributed by atoms with van der Waals surface area (Å²) in [6.07, 6.45) is 4.47. The summed E-state index contributed by atoms with van der Waals surface area (Å²) < 4.78 is 13.5. The maximum absolute atomic E-state index is 13.2. The molecule has 0 aromatic carbocycles. The lowest BCUT2D eigenvalue weighted by Gasteiger charge is -2.23. The highest BCUT2D eigenvalue weighted by Crippen LogP contribution is 2.26. The maximum Gasteiger partial charge on any atom is 0.337 e. The summed E-state index contributed by atoms with van der Waals surface area (Å²) in [5.74, 6) is 0.750. The third-order valence-electron chi connectivity index (χ3n) is 4.39. The Bertz CT molecular complexity index is 1020. The largest absolute Gasteiger partial charge is 0.495 e. The Labute approximate surface area is 150 Å². The maximum atomic E-state index is 13.2. The molecule has 1 aliphatic carbocycles. The minimum absolute atomic E-state index is 0.210. The van der Waals surface area contributed by atoms with Crippen LogP contribution >= 0.6 is 0 Å². The van der Waals surface area contributed by atoms with E-state index < -0.39 is 5.69 Å². The number of nitrogen functional groups attached to an aromatic ring is 1. The smallest absolute Gasteiger partial charge is 0.337 e. The zero-order valence-corrected chi connectivity index (χ0v) is 15.1. The average Bonchev–Trinajstić information content (AvgIpc) is 2.65. The van der Waals surface area contributed by atoms with Crippen LogP contribution < -0.4 is 17.0 Å². The van der Waals surface area contributed by atoms with Crippen LogP contribution in [0, 0.1) is 0 Å². The van der Waals surface area contributed by atoms with Crippen molar-refractivity contribution in [1.82, 2.24) is 14.1 Å². The van der Waals surface area contributed by atoms with Crippen molar-refractivity contribution in [3.63, 3.8) is 0 Å². The molecule has 2 aromatic heterocycles. The second kappa shape index (κ2) is 7.17. The van der Waals surface area contributed by atoms with Gasteiger partial charge in [0.2, 0.25) is 0 Å². The fourth-order valence-electron chi connectivity index (χ4n) is 3.11. The van der Waals surface area contributed by atoms with Gasteiger partial charge in [-0.25, -0.2) is 14.3 Å². The van der Waals surface area contributed by atoms with Crippen molar-refractivity contribution in [2.24, 2.45) is 0 Å². The lowest BCUT2D eigenvalue weighted by Crippen LogP contribution is -2.41. The van der Waals surface area contributed by atoms with Gasteiger partial charge in [-0.3, -0.25) is 9.36 Å². The van der Waals surface area contributed by atoms with E-state index in [1.54, 1.807) is 25.3 Å². The predicted molar refractivity (Wildman–Crippen MR) is 99.7 cm³/mol. The Hall–Kier alpha value is -2.87. The second-order valence-corrected chi connectivity index (χ2v) is 6.03. The molecule has 3 rings (SSSR count). The highest BCUT2D eigenvalue weighted by molar-refractivity contribution is 5.79. The van der Waals surface area contributed by atoms with Crippen LogP contribution in [0.4, 0.5) is 5.82 Å². The van der Waals surface area contributed by atoms with E-state index in [-0.39, 0.29) is 23.1 Å². The number of fused-ring (bicyclic) bond motifs is 1. The predicted octanol–water partition coefficient (Wildman–Crippen LogP) is 1.34. The number of hydrogen-bond acceptors (Lipinski definition) is 6. The fourth-order valence-corrected chi connectivity index (χ4v) is 3.11. The highest BCUT2D eigenvalue weighted by atomic mass is 16.5. The van der Waals surface area contributed by atoms with Gasteiger partial charge in [0.1, 0.15) is 11.6 Å². The molecule has 0 saturated heterocycles. The van der Waals surface area contributed by atoms with Crippen LogP contribution in [0.25, 0.3) is 16.7 Å². The van der Waals surface area contributed by atoms with E-state index in [2.05, 4.69) is 4.98 Å². The van der Waals surface area contributed by atoms with Gasteiger partial charge < -0.3 is 15.2 Å². The molecule has 138 valence electrons. The summed E-state index contributed by atoms with van der Waals surface area (Å²) in [4.78, 5) is 30.2. The number of nitrogens with two attached hydrogens (primary N) is 1. The number of aromatic nitrogens is 3. The van der Waals surface area contributed by atoms with Crippen LogP contribution in [-0.2, 0) is 16.0 Å². The number of anilines is 1. The molecule has 2 heterocycles. The van der Waals surface area contributed by atoms with Crippen LogP contribution in [0.2, 0.25) is 0 Å². The molecule has 1 unspecified atom stereocenters. The van der Waals surface area contributed by atoms with E-state index in [1.165, 1.54) is 16.2 Å². The first-order valence-corrected chi connectivity index (χ1v) is 8.42. The van der Waals surface area contributed by atoms with E-state index >= 15 is 0 Å². The van der Waals surface area contributed by atoms with Crippen molar-refractivity contribution in [1.29, 1.82) is 0 Å². The van der Waals surface area contributed by atoms with Crippen LogP contribution in [0.5, 0.6) is 0 Å². The quantitative estimate of drug-likeness (QED) is 0.865. The molecule has 0 bridgehead atoms. The minimum atomic E-state index is -0.461. The van der Waals surface area contributed by atoms with Gasteiger partial charge in [-0.2, -0.15) is 0 Å². The monoisotopic (exact) mass is 358 g/mol. The molecule has 0 amide bonds. The van der Waals surface area contributed by atoms with Crippen LogP contribution in [0.3, 0.4) is 0 Å². The normalized spacial score (nSPS) is 17.1. The lowest BCUT2D eigenvalue weighted by molar-refractivity contribution is 0.140. The zero-order chi connectivity index (χ0) is 18.8. The van der Waals surface area contributed by atoms with Gasteiger partial charge in [-0.1, -0.05) is 13.0 Å². The van der Waals surface area contributed by atoms with Gasteiger partial charge in [-0.05, 0) is 24.6 Å². The Kier molecular flexibility index (Phi) is 4.94. The molecule has 0 saturated carbocycles. The van der Waals surface area contributed by atoms with E-state index in [0.717, 1.165) is 0 Å². The van der Waals surface area contributed by atoms with Crippen LogP contribution in [0.1, 0.15) is 19.8 Å². The Morgan fingerprint density at radius 3 is 2.73 bits per heavy atom. The molecular formula is C18H22N4O4. The minimum Gasteiger partial charge on any atom is -0.495 e. The molecule has 2 N–H and O–H groups in total. The second-order valence-electron chi connectivity index (χ2n) is 6.03. The van der Waals surface area contributed by atoms with Crippen LogP contribution in [0.15, 0.2) is 39.6 Å². The van der Waals surface area contributed by atoms with Gasteiger partial charge in [0, 0.05) is 20.1 Å². The Morgan fingerprint density at radius 1 is 1.31 bits per heavy atom. The molecule has 8 heteroatoms. The van der Waals surface area contributed by atoms with Crippen molar-refractivity contribution in [2.75, 3.05) is 20.0 Å². The molecule has 0 fully saturated rings. The first-order chi connectivity index (χ1) is 12.5. The van der Waals surface area contributed by atoms with Gasteiger partial charge in [-0.15, -0.1) is 0 Å². The van der Waals surface area contributed by atoms with E-state index in [4.69, 9.17) is 15.2 Å². The number of hydrogen-bond donors (Lipinski definition) is 1. The summed E-state index contributed by atoms with van der Waals surface area (Å²) in [6, 6.07) is 3.15. The first-order valence-electron chi connectivity index (χ1n) is 8.42. The van der Waals surface area contributed by atoms with Gasteiger partial charge in [0.25, 0.3) is 5.56 Å². The van der Waals surface area contributed by atoms with Crippen LogP contribution in [-0.4, -0.2) is 34.4 Å². The third-order valence-corrected chi connectivity index (χ3v) is 4.39. The third kappa shape index (κ3) is 2.92. The summed E-state index contributed by atoms with van der Waals surface area (Å²) in [6.45, 7) is 2.23. The zero-order valence-electron chi connectivity index (χ0n) is 15.1. The molecule has 2 aromatic rings. The van der Waals surface area contributed by atoms with Crippen molar-refractivity contribution in [2.45, 2.75) is 32.4 Å². The van der Waals surface area contributed by atoms with Crippen molar-refractivity contribution in [3.05, 3.63) is 50.9 Å². The standard InChI is InChI=1S/C18H22N4O4/c1-4-9-21-17(23)12-6-8-15(19)20-16(12)22(18(21)24)13-10-11(25-2)5-7-14(13)26-3/h5-8,11H,4,9-10H2,1-3H3,(H2,19,20). The summed E-state index contributed by atoms with van der Waals surface area (Å²) in [7, 11) is 3.13. The number of methoxy groups -OCH3 is 2. The van der Waals surface area contributed by atoms with Crippen molar-refractivity contribution in [3.8, 4) is 0 Å². The van der Waals surface area contributed by atoms with Crippen molar-refractivity contribution >= 4 is 22.5 Å². The molecular weight excluding hydrogens is 336 g/mol. The molecule has 0 spiro atoms. The van der Waals surface area contributed by atoms with Gasteiger partial charge in [0.15, 0.2) is 5.65 Å². The first kappa shape index (κ1) is 17.9. The molecule has 1 aliphatic rings. The molecule has 0 aliphatic heterocycles. The molecule has 8 nitrogen and oxygen atoms in total. The Morgan fingerprint density at radius 2 is 2.08 bits per heavy atom. The van der Waals surface area contributed by atoms with Gasteiger partial charge >= 0.3 is 5.69 Å². The summed E-state index contributed by atoms with van der Waals surface area (Å²) >= 11 is 0. The Balaban J connectivity index is 2.43. The lowest BCUT2D eigenvalue weighted by atomic mass is 10.1. The van der Waals surface area contributed by atoms with E-state index in [0.29, 0.717) is 36.2 Å². The topological polar surface area (TPSA) is 101 Å². The summed E-state index contributed by atoms with van der Waals surface area (Å²) in [5, 5.41) is 0.332. The molecule has 26 heavy (non-hydrogen) atoms. The van der Waals surface area contributed by atoms with E-state index in [9.17, 15) is 9.59 Å². The summed E-state index contributed by atoms with van der Waals surface area (Å²) in [5.41, 5.74) is 5.79.